The molecule has 3 heteroatoms. The molecule has 20 heavy (non-hydrogen) atoms. The Morgan fingerprint density at radius 2 is 2.05 bits per heavy atom. The smallest absolute Gasteiger partial charge is 0.234 e. The first-order valence-electron chi connectivity index (χ1n) is 7.47. The van der Waals surface area contributed by atoms with Gasteiger partial charge in [0.15, 0.2) is 0 Å². The lowest BCUT2D eigenvalue weighted by Gasteiger charge is -2.37. The van der Waals surface area contributed by atoms with Gasteiger partial charge in [-0.15, -0.1) is 0 Å². The van der Waals surface area contributed by atoms with Gasteiger partial charge in [0.1, 0.15) is 5.75 Å². The van der Waals surface area contributed by atoms with Gasteiger partial charge in [-0.1, -0.05) is 38.3 Å². The molecule has 0 unspecified atom stereocenters. The highest BCUT2D eigenvalue weighted by atomic mass is 16.5. The fourth-order valence-corrected chi connectivity index (χ4v) is 3.31. The van der Waals surface area contributed by atoms with Gasteiger partial charge in [0.05, 0.1) is 13.7 Å². The zero-order valence-electron chi connectivity index (χ0n) is 12.4. The van der Waals surface area contributed by atoms with Crippen molar-refractivity contribution in [3.63, 3.8) is 0 Å². The normalized spacial score (nSPS) is 17.3. The van der Waals surface area contributed by atoms with Gasteiger partial charge >= 0.3 is 0 Å². The first-order valence-corrected chi connectivity index (χ1v) is 7.47. The molecule has 108 valence electrons. The largest absolute Gasteiger partial charge is 0.496 e. The van der Waals surface area contributed by atoms with Crippen molar-refractivity contribution in [3.05, 3.63) is 29.3 Å². The van der Waals surface area contributed by atoms with E-state index < -0.39 is 0 Å². The Labute approximate surface area is 121 Å². The molecule has 0 heterocycles. The standard InChI is InChI=1S/C17H23NO2/c1-3-14-7-8-16(20-2)15(11-14)17(12-18-13-19)9-5-4-6-10-17/h7-8,11H,3-6,9-10,12H2,1-2H3. The van der Waals surface area contributed by atoms with Crippen molar-refractivity contribution in [1.82, 2.24) is 0 Å². The molecule has 0 amide bonds. The van der Waals surface area contributed by atoms with E-state index in [1.807, 2.05) is 0 Å². The fraction of sp³-hybridized carbons (Fsp3) is 0.588. The van der Waals surface area contributed by atoms with Crippen LogP contribution < -0.4 is 4.74 Å². The van der Waals surface area contributed by atoms with Crippen molar-refractivity contribution in [1.29, 1.82) is 0 Å². The molecule has 0 N–H and O–H groups in total. The van der Waals surface area contributed by atoms with E-state index in [-0.39, 0.29) is 5.41 Å². The molecule has 0 aromatic heterocycles. The number of hydrogen-bond acceptors (Lipinski definition) is 3. The molecule has 0 radical (unpaired) electrons. The molecular weight excluding hydrogens is 250 g/mol. The fourth-order valence-electron chi connectivity index (χ4n) is 3.31. The molecule has 1 aliphatic carbocycles. The number of aliphatic imine (C=N–C) groups is 1. The highest BCUT2D eigenvalue weighted by Gasteiger charge is 2.36. The molecule has 3 nitrogen and oxygen atoms in total. The first-order chi connectivity index (χ1) is 9.75. The number of benzene rings is 1. The Kier molecular flexibility index (Phi) is 4.97. The third kappa shape index (κ3) is 2.94. The van der Waals surface area contributed by atoms with Crippen LogP contribution >= 0.6 is 0 Å². The Morgan fingerprint density at radius 1 is 1.30 bits per heavy atom. The maximum absolute atomic E-state index is 10.6. The predicted molar refractivity (Wildman–Crippen MR) is 80.1 cm³/mol. The molecule has 0 aliphatic heterocycles. The summed E-state index contributed by atoms with van der Waals surface area (Å²) >= 11 is 0. The van der Waals surface area contributed by atoms with Gasteiger partial charge in [-0.2, -0.15) is 0 Å². The minimum Gasteiger partial charge on any atom is -0.496 e. The summed E-state index contributed by atoms with van der Waals surface area (Å²) in [6.45, 7) is 2.68. The van der Waals surface area contributed by atoms with Gasteiger partial charge in [-0.25, -0.2) is 9.79 Å². The first kappa shape index (κ1) is 14.8. The number of isocyanates is 1. The SMILES string of the molecule is CCc1ccc(OC)c(C2(CN=C=O)CCCCC2)c1. The van der Waals surface area contributed by atoms with Crippen molar-refractivity contribution in [2.45, 2.75) is 50.9 Å². The molecule has 1 aliphatic rings. The summed E-state index contributed by atoms with van der Waals surface area (Å²) in [6.07, 6.45) is 8.50. The molecule has 0 spiro atoms. The second kappa shape index (κ2) is 6.71. The lowest BCUT2D eigenvalue weighted by Crippen LogP contribution is -2.33. The van der Waals surface area contributed by atoms with E-state index in [1.165, 1.54) is 30.4 Å². The van der Waals surface area contributed by atoms with Crippen LogP contribution in [-0.4, -0.2) is 19.7 Å². The molecule has 0 bridgehead atoms. The van der Waals surface area contributed by atoms with Crippen LogP contribution in [0.5, 0.6) is 5.75 Å². The van der Waals surface area contributed by atoms with Crippen molar-refractivity contribution >= 4 is 6.08 Å². The average Bonchev–Trinajstić information content (AvgIpc) is 2.53. The van der Waals surface area contributed by atoms with Crippen LogP contribution in [0.25, 0.3) is 0 Å². The van der Waals surface area contributed by atoms with Gasteiger partial charge in [-0.3, -0.25) is 0 Å². The topological polar surface area (TPSA) is 38.7 Å². The summed E-state index contributed by atoms with van der Waals surface area (Å²) in [4.78, 5) is 14.5. The summed E-state index contributed by atoms with van der Waals surface area (Å²) in [7, 11) is 1.71. The molecule has 1 aromatic carbocycles. The summed E-state index contributed by atoms with van der Waals surface area (Å²) in [5, 5.41) is 0. The number of rotatable bonds is 5. The minimum atomic E-state index is -0.0494. The van der Waals surface area contributed by atoms with Crippen molar-refractivity contribution in [3.8, 4) is 5.75 Å². The summed E-state index contributed by atoms with van der Waals surface area (Å²) in [5.41, 5.74) is 2.48. The Morgan fingerprint density at radius 3 is 2.65 bits per heavy atom. The van der Waals surface area contributed by atoms with Crippen LogP contribution in [0.4, 0.5) is 0 Å². The second-order valence-electron chi connectivity index (χ2n) is 5.64. The molecular formula is C17H23NO2. The number of nitrogens with zero attached hydrogens (tertiary/aromatic N) is 1. The van der Waals surface area contributed by atoms with Crippen LogP contribution in [0.1, 0.15) is 50.2 Å². The number of hydrogen-bond donors (Lipinski definition) is 0. The average molecular weight is 273 g/mol. The molecule has 1 fully saturated rings. The van der Waals surface area contributed by atoms with E-state index in [0.717, 1.165) is 25.0 Å². The third-order valence-corrected chi connectivity index (χ3v) is 4.50. The van der Waals surface area contributed by atoms with Gasteiger partial charge < -0.3 is 4.74 Å². The van der Waals surface area contributed by atoms with Gasteiger partial charge in [0.25, 0.3) is 0 Å². The summed E-state index contributed by atoms with van der Waals surface area (Å²) in [5.74, 6) is 0.921. The molecule has 0 saturated heterocycles. The van der Waals surface area contributed by atoms with Crippen molar-refractivity contribution in [2.75, 3.05) is 13.7 Å². The molecule has 2 rings (SSSR count). The lowest BCUT2D eigenvalue weighted by molar-refractivity contribution is 0.288. The van der Waals surface area contributed by atoms with E-state index in [0.29, 0.717) is 6.54 Å². The summed E-state index contributed by atoms with van der Waals surface area (Å²) < 4.78 is 5.56. The highest BCUT2D eigenvalue weighted by molar-refractivity contribution is 5.44. The van der Waals surface area contributed by atoms with Crippen LogP contribution in [0.15, 0.2) is 23.2 Å². The highest BCUT2D eigenvalue weighted by Crippen LogP contribution is 2.44. The van der Waals surface area contributed by atoms with E-state index in [1.54, 1.807) is 13.2 Å². The van der Waals surface area contributed by atoms with Gasteiger partial charge in [0, 0.05) is 11.0 Å². The van der Waals surface area contributed by atoms with Crippen LogP contribution in [0, 0.1) is 0 Å². The number of methoxy groups -OCH3 is 1. The zero-order valence-corrected chi connectivity index (χ0v) is 12.4. The van der Waals surface area contributed by atoms with Crippen LogP contribution in [0.2, 0.25) is 0 Å². The van der Waals surface area contributed by atoms with Gasteiger partial charge in [-0.05, 0) is 30.9 Å². The Balaban J connectivity index is 2.48. The van der Waals surface area contributed by atoms with Gasteiger partial charge in [0.2, 0.25) is 6.08 Å². The van der Waals surface area contributed by atoms with E-state index in [4.69, 9.17) is 4.74 Å². The van der Waals surface area contributed by atoms with E-state index in [2.05, 4.69) is 30.1 Å². The van der Waals surface area contributed by atoms with Crippen molar-refractivity contribution < 1.29 is 9.53 Å². The van der Waals surface area contributed by atoms with Crippen molar-refractivity contribution in [2.24, 2.45) is 4.99 Å². The Bertz CT molecular complexity index is 498. The number of aryl methyl sites for hydroxylation is 1. The summed E-state index contributed by atoms with van der Waals surface area (Å²) in [6, 6.07) is 6.40. The third-order valence-electron chi connectivity index (χ3n) is 4.50. The number of carbonyl (C=O) groups excluding carboxylic acids is 1. The van der Waals surface area contributed by atoms with Crippen LogP contribution in [0.3, 0.4) is 0 Å². The van der Waals surface area contributed by atoms with E-state index in [9.17, 15) is 4.79 Å². The monoisotopic (exact) mass is 273 g/mol. The maximum Gasteiger partial charge on any atom is 0.234 e. The lowest BCUT2D eigenvalue weighted by atomic mass is 9.68. The molecule has 1 saturated carbocycles. The zero-order chi connectivity index (χ0) is 14.4. The maximum atomic E-state index is 10.6. The Hall–Kier alpha value is -1.60. The second-order valence-corrected chi connectivity index (χ2v) is 5.64. The number of ether oxygens (including phenoxy) is 1. The quantitative estimate of drug-likeness (QED) is 0.604. The van der Waals surface area contributed by atoms with E-state index >= 15 is 0 Å². The minimum absolute atomic E-state index is 0.0494. The predicted octanol–water partition coefficient (Wildman–Crippen LogP) is 3.80. The van der Waals surface area contributed by atoms with Crippen LogP contribution in [-0.2, 0) is 16.6 Å². The molecule has 1 aromatic rings. The molecule has 0 atom stereocenters.